The Hall–Kier alpha value is -2.50. The highest BCUT2D eigenvalue weighted by Gasteiger charge is 2.21. The summed E-state index contributed by atoms with van der Waals surface area (Å²) in [7, 11) is 0. The van der Waals surface area contributed by atoms with Crippen LogP contribution in [0.1, 0.15) is 33.4 Å². The second-order valence-corrected chi connectivity index (χ2v) is 7.41. The van der Waals surface area contributed by atoms with E-state index in [4.69, 9.17) is 9.72 Å². The number of aldehydes is 1. The lowest BCUT2D eigenvalue weighted by Crippen LogP contribution is -2.26. The number of hydrogen-bond donors (Lipinski definition) is 1. The fourth-order valence-electron chi connectivity index (χ4n) is 3.18. The molecule has 4 rings (SSSR count). The molecule has 4 nitrogen and oxygen atoms in total. The van der Waals surface area contributed by atoms with E-state index in [9.17, 15) is 4.79 Å². The lowest BCUT2D eigenvalue weighted by atomic mass is 9.99. The second kappa shape index (κ2) is 7.81. The van der Waals surface area contributed by atoms with E-state index in [1.54, 1.807) is 0 Å². The lowest BCUT2D eigenvalue weighted by Gasteiger charge is -2.20. The summed E-state index contributed by atoms with van der Waals surface area (Å²) >= 11 is 1.53. The first-order valence-electron chi connectivity index (χ1n) is 8.83. The van der Waals surface area contributed by atoms with Crippen molar-refractivity contribution in [2.45, 2.75) is 18.8 Å². The molecule has 2 aromatic carbocycles. The van der Waals surface area contributed by atoms with Crippen LogP contribution in [0.5, 0.6) is 11.5 Å². The van der Waals surface area contributed by atoms with E-state index < -0.39 is 0 Å². The quantitative estimate of drug-likeness (QED) is 0.656. The summed E-state index contributed by atoms with van der Waals surface area (Å²) < 4.78 is 5.83. The SMILES string of the molecule is O=Cc1sc(C2CCNCC2)nc1-c1ccc(Oc2ccccc2)cc1. The number of para-hydroxylation sites is 1. The number of benzene rings is 2. The van der Waals surface area contributed by atoms with E-state index >= 15 is 0 Å². The average molecular weight is 364 g/mol. The number of carbonyl (C=O) groups is 1. The van der Waals surface area contributed by atoms with Crippen LogP contribution in [-0.2, 0) is 0 Å². The van der Waals surface area contributed by atoms with Crippen LogP contribution in [-0.4, -0.2) is 24.4 Å². The number of rotatable bonds is 5. The number of hydrogen-bond acceptors (Lipinski definition) is 5. The van der Waals surface area contributed by atoms with Crippen LogP contribution in [0.3, 0.4) is 0 Å². The Bertz CT molecular complexity index is 869. The lowest BCUT2D eigenvalue weighted by molar-refractivity contribution is 0.112. The van der Waals surface area contributed by atoms with Gasteiger partial charge in [-0.2, -0.15) is 0 Å². The van der Waals surface area contributed by atoms with Crippen molar-refractivity contribution in [3.05, 3.63) is 64.5 Å². The molecule has 0 radical (unpaired) electrons. The first-order valence-corrected chi connectivity index (χ1v) is 9.65. The zero-order valence-electron chi connectivity index (χ0n) is 14.4. The molecule has 1 fully saturated rings. The average Bonchev–Trinajstić information content (AvgIpc) is 3.15. The van der Waals surface area contributed by atoms with E-state index in [2.05, 4.69) is 5.32 Å². The van der Waals surface area contributed by atoms with Gasteiger partial charge in [0.15, 0.2) is 6.29 Å². The Labute approximate surface area is 156 Å². The van der Waals surface area contributed by atoms with Gasteiger partial charge in [-0.15, -0.1) is 11.3 Å². The van der Waals surface area contributed by atoms with Gasteiger partial charge in [-0.05, 0) is 62.3 Å². The first-order chi connectivity index (χ1) is 12.8. The minimum atomic E-state index is 0.453. The van der Waals surface area contributed by atoms with E-state index in [1.807, 2.05) is 54.6 Å². The maximum Gasteiger partial charge on any atom is 0.162 e. The molecule has 1 aliphatic heterocycles. The van der Waals surface area contributed by atoms with Crippen molar-refractivity contribution in [3.63, 3.8) is 0 Å². The molecule has 0 atom stereocenters. The van der Waals surface area contributed by atoms with Gasteiger partial charge in [0.25, 0.3) is 0 Å². The molecule has 1 aromatic heterocycles. The Kier molecular flexibility index (Phi) is 5.09. The monoisotopic (exact) mass is 364 g/mol. The number of piperidine rings is 1. The van der Waals surface area contributed by atoms with Gasteiger partial charge < -0.3 is 10.1 Å². The molecular formula is C21H20N2O2S. The second-order valence-electron chi connectivity index (χ2n) is 6.35. The zero-order valence-corrected chi connectivity index (χ0v) is 15.2. The molecule has 0 amide bonds. The predicted molar refractivity (Wildman–Crippen MR) is 104 cm³/mol. The van der Waals surface area contributed by atoms with E-state index in [0.29, 0.717) is 10.8 Å². The number of thiazole rings is 1. The van der Waals surface area contributed by atoms with Crippen molar-refractivity contribution in [1.82, 2.24) is 10.3 Å². The van der Waals surface area contributed by atoms with Gasteiger partial charge in [-0.1, -0.05) is 18.2 Å². The Morgan fingerprint density at radius 1 is 1.00 bits per heavy atom. The normalized spacial score (nSPS) is 14.9. The maximum absolute atomic E-state index is 11.5. The topological polar surface area (TPSA) is 51.2 Å². The van der Waals surface area contributed by atoms with Crippen molar-refractivity contribution in [1.29, 1.82) is 0 Å². The summed E-state index contributed by atoms with van der Waals surface area (Å²) in [6.45, 7) is 2.03. The zero-order chi connectivity index (χ0) is 17.8. The van der Waals surface area contributed by atoms with Gasteiger partial charge in [0.1, 0.15) is 11.5 Å². The third kappa shape index (κ3) is 3.69. The van der Waals surface area contributed by atoms with Crippen molar-refractivity contribution >= 4 is 17.6 Å². The first kappa shape index (κ1) is 16.9. The van der Waals surface area contributed by atoms with Crippen LogP contribution < -0.4 is 10.1 Å². The highest BCUT2D eigenvalue weighted by atomic mass is 32.1. The van der Waals surface area contributed by atoms with Crippen molar-refractivity contribution in [2.75, 3.05) is 13.1 Å². The number of ether oxygens (including phenoxy) is 1. The molecule has 0 bridgehead atoms. The van der Waals surface area contributed by atoms with Crippen molar-refractivity contribution in [3.8, 4) is 22.8 Å². The Balaban J connectivity index is 1.56. The number of nitrogens with zero attached hydrogens (tertiary/aromatic N) is 1. The van der Waals surface area contributed by atoms with Gasteiger partial charge >= 0.3 is 0 Å². The van der Waals surface area contributed by atoms with E-state index in [1.165, 1.54) is 11.3 Å². The predicted octanol–water partition coefficient (Wildman–Crippen LogP) is 4.88. The van der Waals surface area contributed by atoms with Gasteiger partial charge in [-0.25, -0.2) is 4.98 Å². The summed E-state index contributed by atoms with van der Waals surface area (Å²) in [6, 6.07) is 17.4. The molecular weight excluding hydrogens is 344 g/mol. The summed E-state index contributed by atoms with van der Waals surface area (Å²) in [6.07, 6.45) is 3.08. The molecule has 2 heterocycles. The van der Waals surface area contributed by atoms with Gasteiger partial charge in [-0.3, -0.25) is 4.79 Å². The largest absolute Gasteiger partial charge is 0.457 e. The van der Waals surface area contributed by atoms with Crippen LogP contribution in [0.2, 0.25) is 0 Å². The van der Waals surface area contributed by atoms with Gasteiger partial charge in [0.05, 0.1) is 15.6 Å². The van der Waals surface area contributed by atoms with Crippen molar-refractivity contribution in [2.24, 2.45) is 0 Å². The molecule has 0 aliphatic carbocycles. The highest BCUT2D eigenvalue weighted by molar-refractivity contribution is 7.13. The molecule has 5 heteroatoms. The molecule has 1 aliphatic rings. The minimum absolute atomic E-state index is 0.453. The van der Waals surface area contributed by atoms with Gasteiger partial charge in [0, 0.05) is 11.5 Å². The fourth-order valence-corrected chi connectivity index (χ4v) is 4.26. The van der Waals surface area contributed by atoms with Crippen LogP contribution in [0, 0.1) is 0 Å². The van der Waals surface area contributed by atoms with E-state index in [-0.39, 0.29) is 0 Å². The molecule has 3 aromatic rings. The standard InChI is InChI=1S/C21H20N2O2S/c24-14-19-20(23-21(26-19)16-10-12-22-13-11-16)15-6-8-18(9-7-15)25-17-4-2-1-3-5-17/h1-9,14,16,22H,10-13H2. The molecule has 1 N–H and O–H groups in total. The van der Waals surface area contributed by atoms with Crippen LogP contribution in [0.25, 0.3) is 11.3 Å². The number of carbonyl (C=O) groups excluding carboxylic acids is 1. The number of nitrogens with one attached hydrogen (secondary N) is 1. The summed E-state index contributed by atoms with van der Waals surface area (Å²) in [5, 5.41) is 4.45. The summed E-state index contributed by atoms with van der Waals surface area (Å²) in [4.78, 5) is 17.0. The van der Waals surface area contributed by atoms with Crippen LogP contribution >= 0.6 is 11.3 Å². The minimum Gasteiger partial charge on any atom is -0.457 e. The van der Waals surface area contributed by atoms with Gasteiger partial charge in [0.2, 0.25) is 0 Å². The molecule has 0 spiro atoms. The fraction of sp³-hybridized carbons (Fsp3) is 0.238. The summed E-state index contributed by atoms with van der Waals surface area (Å²) in [5.41, 5.74) is 1.73. The number of aromatic nitrogens is 1. The third-order valence-corrected chi connectivity index (χ3v) is 5.72. The molecule has 0 saturated carbocycles. The molecule has 132 valence electrons. The smallest absolute Gasteiger partial charge is 0.162 e. The summed E-state index contributed by atoms with van der Waals surface area (Å²) in [5.74, 6) is 2.02. The Morgan fingerprint density at radius 2 is 1.69 bits per heavy atom. The van der Waals surface area contributed by atoms with Crippen LogP contribution in [0.4, 0.5) is 0 Å². The van der Waals surface area contributed by atoms with Crippen molar-refractivity contribution < 1.29 is 9.53 Å². The third-order valence-electron chi connectivity index (χ3n) is 4.57. The molecule has 26 heavy (non-hydrogen) atoms. The molecule has 0 unspecified atom stereocenters. The Morgan fingerprint density at radius 3 is 2.38 bits per heavy atom. The molecule has 1 saturated heterocycles. The van der Waals surface area contributed by atoms with Crippen LogP contribution in [0.15, 0.2) is 54.6 Å². The maximum atomic E-state index is 11.5. The van der Waals surface area contributed by atoms with E-state index in [0.717, 1.165) is 60.0 Å². The highest BCUT2D eigenvalue weighted by Crippen LogP contribution is 2.35.